The van der Waals surface area contributed by atoms with Crippen LogP contribution < -0.4 is 0 Å². The zero-order chi connectivity index (χ0) is 12.6. The molecule has 0 radical (unpaired) electrons. The molecule has 0 aliphatic carbocycles. The van der Waals surface area contributed by atoms with Crippen molar-refractivity contribution in [1.29, 1.82) is 0 Å². The molecule has 2 aromatic carbocycles. The second-order valence-electron chi connectivity index (χ2n) is 3.27. The van der Waals surface area contributed by atoms with Crippen molar-refractivity contribution in [3.05, 3.63) is 60.7 Å². The SMILES string of the molecule is CI.CN(C)C.[Fe].[cH-]1[cH-][cH-][cH-][cH-]1.c1cc[cH-]c1. The minimum absolute atomic E-state index is 0. The Hall–Kier alpha value is -0.0905. The predicted octanol–water partition coefficient (Wildman–Crippen LogP) is 4.04. The van der Waals surface area contributed by atoms with Crippen molar-refractivity contribution in [3.63, 3.8) is 0 Å². The second-order valence-corrected chi connectivity index (χ2v) is 3.27. The largest absolute Gasteiger partial charge is 0.748 e. The quantitative estimate of drug-likeness (QED) is 0.286. The van der Waals surface area contributed by atoms with Gasteiger partial charge in [0.1, 0.15) is 0 Å². The molecule has 1 nitrogen and oxygen atoms in total. The maximum atomic E-state index is 2.15. The van der Waals surface area contributed by atoms with Crippen LogP contribution in [0.15, 0.2) is 60.7 Å². The third-order valence-electron chi connectivity index (χ3n) is 1.11. The average Bonchev–Trinajstić information content (AvgIpc) is 2.99. The Balaban J connectivity index is -0.000000158. The van der Waals surface area contributed by atoms with E-state index < -0.39 is 0 Å². The van der Waals surface area contributed by atoms with E-state index in [9.17, 15) is 0 Å². The summed E-state index contributed by atoms with van der Waals surface area (Å²) in [6.45, 7) is 0. The predicted molar refractivity (Wildman–Crippen MR) is 83.6 cm³/mol. The molecule has 2 rings (SSSR count). The van der Waals surface area contributed by atoms with Crippen LogP contribution in [-0.2, 0) is 17.1 Å². The van der Waals surface area contributed by atoms with E-state index in [2.05, 4.69) is 22.6 Å². The summed E-state index contributed by atoms with van der Waals surface area (Å²) in [5, 5.41) is 0. The van der Waals surface area contributed by atoms with Crippen molar-refractivity contribution in [3.8, 4) is 0 Å². The zero-order valence-corrected chi connectivity index (χ0v) is 14.2. The molecule has 104 valence electrons. The Labute approximate surface area is 131 Å². The fourth-order valence-electron chi connectivity index (χ4n) is 0.642. The second kappa shape index (κ2) is 21.2. The van der Waals surface area contributed by atoms with Crippen molar-refractivity contribution >= 4 is 22.6 Å². The molecule has 0 unspecified atom stereocenters. The zero-order valence-electron chi connectivity index (χ0n) is 11.0. The van der Waals surface area contributed by atoms with Gasteiger partial charge in [0.25, 0.3) is 0 Å². The maximum Gasteiger partial charge on any atom is 0 e. The molecule has 17 heavy (non-hydrogen) atoms. The van der Waals surface area contributed by atoms with Gasteiger partial charge in [-0.2, -0.15) is 18.2 Å². The van der Waals surface area contributed by atoms with Crippen LogP contribution in [0.4, 0.5) is 0 Å². The minimum Gasteiger partial charge on any atom is -0.748 e. The molecule has 0 bridgehead atoms. The molecule has 0 aliphatic heterocycles. The van der Waals surface area contributed by atoms with Crippen LogP contribution in [0.2, 0.25) is 0 Å². The van der Waals surface area contributed by atoms with Crippen LogP contribution >= 0.6 is 22.6 Å². The summed E-state index contributed by atoms with van der Waals surface area (Å²) < 4.78 is 0. The van der Waals surface area contributed by atoms with Crippen molar-refractivity contribution in [2.24, 2.45) is 0 Å². The topological polar surface area (TPSA) is 3.24 Å². The fraction of sp³-hybridized carbons (Fsp3) is 0.286. The third-order valence-corrected chi connectivity index (χ3v) is 1.11. The molecule has 0 amide bonds. The molecule has 0 aromatic heterocycles. The molecule has 3 heteroatoms. The Morgan fingerprint density at radius 3 is 1.12 bits per heavy atom. The fourth-order valence-corrected chi connectivity index (χ4v) is 0.642. The molecule has 0 N–H and O–H groups in total. The van der Waals surface area contributed by atoms with Crippen molar-refractivity contribution in [2.75, 3.05) is 26.1 Å². The number of hydrogen-bond acceptors (Lipinski definition) is 1. The first kappa shape index (κ1) is 22.1. The Morgan fingerprint density at radius 2 is 1.00 bits per heavy atom. The third kappa shape index (κ3) is 31.3. The summed E-state index contributed by atoms with van der Waals surface area (Å²) in [6.07, 6.45) is 0. The van der Waals surface area contributed by atoms with Gasteiger partial charge in [-0.1, -0.05) is 22.6 Å². The van der Waals surface area contributed by atoms with Gasteiger partial charge in [0.15, 0.2) is 0 Å². The average molecular weight is 387 g/mol. The summed E-state index contributed by atoms with van der Waals surface area (Å²) in [5.74, 6) is 0. The van der Waals surface area contributed by atoms with E-state index in [1.807, 2.05) is 91.6 Å². The van der Waals surface area contributed by atoms with Gasteiger partial charge in [0.05, 0.1) is 0 Å². The molecule has 0 atom stereocenters. The van der Waals surface area contributed by atoms with Gasteiger partial charge in [-0.3, -0.25) is 0 Å². The summed E-state index contributed by atoms with van der Waals surface area (Å²) in [4.78, 5) is 3.97. The van der Waals surface area contributed by atoms with E-state index in [4.69, 9.17) is 0 Å². The van der Waals surface area contributed by atoms with Gasteiger partial charge in [-0.15, -0.1) is 0 Å². The summed E-state index contributed by atoms with van der Waals surface area (Å²) in [5.41, 5.74) is 0. The molecule has 0 saturated carbocycles. The van der Waals surface area contributed by atoms with E-state index >= 15 is 0 Å². The Kier molecular flexibility index (Phi) is 27.6. The van der Waals surface area contributed by atoms with E-state index in [1.165, 1.54) is 0 Å². The van der Waals surface area contributed by atoms with Crippen LogP contribution in [-0.4, -0.2) is 31.0 Å². The Morgan fingerprint density at radius 1 is 0.765 bits per heavy atom. The minimum atomic E-state index is 0. The number of rotatable bonds is 0. The molecular formula is C14H22FeIN-6. The summed E-state index contributed by atoms with van der Waals surface area (Å²) >= 11 is 2.15. The summed E-state index contributed by atoms with van der Waals surface area (Å²) in [7, 11) is 6.00. The normalized spacial score (nSPS) is 7.18. The van der Waals surface area contributed by atoms with Gasteiger partial charge >= 0.3 is 0 Å². The van der Waals surface area contributed by atoms with Crippen molar-refractivity contribution in [1.82, 2.24) is 4.90 Å². The molecule has 2 aromatic rings. The number of hydrogen-bond donors (Lipinski definition) is 0. The first-order valence-electron chi connectivity index (χ1n) is 5.05. The first-order valence-corrected chi connectivity index (χ1v) is 7.21. The standard InChI is InChI=1S/2C5H5.C3H9N.CH3I.Fe/c2*1-2-4-5-3-1;1-4(2)3;1-2;/h2*1-5H;1-3H3;1H3;/q-5;-1;;;. The molecule has 0 heterocycles. The molecule has 0 aliphatic rings. The Bertz CT molecular complexity index is 188. The maximum absolute atomic E-state index is 2.15. The van der Waals surface area contributed by atoms with Gasteiger partial charge in [-0.05, 0) is 26.1 Å². The summed E-state index contributed by atoms with van der Waals surface area (Å²) in [6, 6.07) is 20.0. The smallest absolute Gasteiger partial charge is 0 e. The monoisotopic (exact) mass is 387 g/mol. The van der Waals surface area contributed by atoms with E-state index in [0.717, 1.165) is 0 Å². The van der Waals surface area contributed by atoms with Crippen LogP contribution in [0.3, 0.4) is 0 Å². The van der Waals surface area contributed by atoms with Gasteiger partial charge in [0, 0.05) is 17.1 Å². The van der Waals surface area contributed by atoms with Crippen LogP contribution in [0, 0.1) is 0 Å². The molecule has 0 fully saturated rings. The van der Waals surface area contributed by atoms with Crippen molar-refractivity contribution in [2.45, 2.75) is 0 Å². The van der Waals surface area contributed by atoms with E-state index in [0.29, 0.717) is 0 Å². The van der Waals surface area contributed by atoms with Gasteiger partial charge in [-0.25, -0.2) is 12.1 Å². The van der Waals surface area contributed by atoms with Gasteiger partial charge < -0.3 is 35.2 Å². The number of nitrogens with zero attached hydrogens (tertiary/aromatic N) is 1. The number of halogens is 1. The van der Waals surface area contributed by atoms with E-state index in [-0.39, 0.29) is 17.1 Å². The molecular weight excluding hydrogens is 365 g/mol. The van der Waals surface area contributed by atoms with Crippen LogP contribution in [0.5, 0.6) is 0 Å². The molecule has 0 spiro atoms. The molecule has 0 saturated heterocycles. The van der Waals surface area contributed by atoms with Crippen LogP contribution in [0.25, 0.3) is 0 Å². The number of alkyl halides is 1. The van der Waals surface area contributed by atoms with Crippen LogP contribution in [0.1, 0.15) is 0 Å². The van der Waals surface area contributed by atoms with Gasteiger partial charge in [0.2, 0.25) is 0 Å². The van der Waals surface area contributed by atoms with E-state index in [1.54, 1.807) is 0 Å². The first-order chi connectivity index (χ1) is 7.73. The van der Waals surface area contributed by atoms with Crippen molar-refractivity contribution < 1.29 is 17.1 Å².